The van der Waals surface area contributed by atoms with E-state index < -0.39 is 0 Å². The van der Waals surface area contributed by atoms with Crippen molar-refractivity contribution < 1.29 is 9.53 Å². The SMILES string of the molecule is COc1ccccc1-c1[nH]ncc1C(=O)NCCn1cccn1. The maximum absolute atomic E-state index is 12.4. The first-order valence-electron chi connectivity index (χ1n) is 7.22. The first-order chi connectivity index (χ1) is 11.3. The predicted octanol–water partition coefficient (Wildman–Crippen LogP) is 1.71. The largest absolute Gasteiger partial charge is 0.496 e. The highest BCUT2D eigenvalue weighted by molar-refractivity contribution is 6.00. The summed E-state index contributed by atoms with van der Waals surface area (Å²) in [4.78, 5) is 12.4. The number of carbonyl (C=O) groups excluding carboxylic acids is 1. The van der Waals surface area contributed by atoms with Crippen LogP contribution >= 0.6 is 0 Å². The fourth-order valence-corrected chi connectivity index (χ4v) is 2.33. The highest BCUT2D eigenvalue weighted by atomic mass is 16.5. The van der Waals surface area contributed by atoms with Gasteiger partial charge in [0.25, 0.3) is 5.91 Å². The monoisotopic (exact) mass is 311 g/mol. The van der Waals surface area contributed by atoms with E-state index in [1.54, 1.807) is 18.0 Å². The number of hydrogen-bond acceptors (Lipinski definition) is 4. The molecule has 0 aliphatic carbocycles. The first kappa shape index (κ1) is 14.8. The van der Waals surface area contributed by atoms with Gasteiger partial charge in [-0.05, 0) is 18.2 Å². The summed E-state index contributed by atoms with van der Waals surface area (Å²) in [6.45, 7) is 1.09. The summed E-state index contributed by atoms with van der Waals surface area (Å²) in [5.74, 6) is 0.495. The highest BCUT2D eigenvalue weighted by Crippen LogP contribution is 2.30. The van der Waals surface area contributed by atoms with E-state index >= 15 is 0 Å². The number of ether oxygens (including phenoxy) is 1. The molecule has 2 aromatic heterocycles. The predicted molar refractivity (Wildman–Crippen MR) is 85.1 cm³/mol. The van der Waals surface area contributed by atoms with Crippen LogP contribution in [-0.4, -0.2) is 39.5 Å². The molecule has 2 N–H and O–H groups in total. The van der Waals surface area contributed by atoms with Gasteiger partial charge in [-0.15, -0.1) is 0 Å². The van der Waals surface area contributed by atoms with Gasteiger partial charge in [-0.1, -0.05) is 12.1 Å². The quantitative estimate of drug-likeness (QED) is 0.726. The van der Waals surface area contributed by atoms with Crippen molar-refractivity contribution in [2.45, 2.75) is 6.54 Å². The Kier molecular flexibility index (Phi) is 4.37. The minimum atomic E-state index is -0.188. The van der Waals surface area contributed by atoms with Crippen LogP contribution in [0.4, 0.5) is 0 Å². The molecule has 2 heterocycles. The number of nitrogens with zero attached hydrogens (tertiary/aromatic N) is 3. The van der Waals surface area contributed by atoms with Crippen LogP contribution in [0.2, 0.25) is 0 Å². The summed E-state index contributed by atoms with van der Waals surface area (Å²) in [5.41, 5.74) is 1.92. The second kappa shape index (κ2) is 6.78. The molecule has 0 atom stereocenters. The fourth-order valence-electron chi connectivity index (χ4n) is 2.33. The molecule has 0 fully saturated rings. The molecule has 1 aromatic carbocycles. The van der Waals surface area contributed by atoms with Crippen LogP contribution in [0.15, 0.2) is 48.9 Å². The molecule has 0 aliphatic heterocycles. The van der Waals surface area contributed by atoms with E-state index in [1.807, 2.05) is 36.5 Å². The van der Waals surface area contributed by atoms with Crippen LogP contribution in [0.1, 0.15) is 10.4 Å². The number of hydrogen-bond donors (Lipinski definition) is 2. The third-order valence-corrected chi connectivity index (χ3v) is 3.45. The van der Waals surface area contributed by atoms with Crippen LogP contribution in [0.5, 0.6) is 5.75 Å². The summed E-state index contributed by atoms with van der Waals surface area (Å²) in [7, 11) is 1.60. The van der Waals surface area contributed by atoms with Gasteiger partial charge in [-0.3, -0.25) is 14.6 Å². The second-order valence-electron chi connectivity index (χ2n) is 4.88. The van der Waals surface area contributed by atoms with Crippen molar-refractivity contribution in [2.24, 2.45) is 0 Å². The smallest absolute Gasteiger partial charge is 0.255 e. The Morgan fingerprint density at radius 2 is 2.22 bits per heavy atom. The third-order valence-electron chi connectivity index (χ3n) is 3.45. The van der Waals surface area contributed by atoms with Crippen molar-refractivity contribution in [1.82, 2.24) is 25.3 Å². The lowest BCUT2D eigenvalue weighted by Crippen LogP contribution is -2.27. The van der Waals surface area contributed by atoms with Gasteiger partial charge >= 0.3 is 0 Å². The highest BCUT2D eigenvalue weighted by Gasteiger charge is 2.17. The molecule has 0 unspecified atom stereocenters. The zero-order valence-corrected chi connectivity index (χ0v) is 12.7. The Balaban J connectivity index is 1.73. The van der Waals surface area contributed by atoms with Gasteiger partial charge in [0.05, 0.1) is 31.1 Å². The lowest BCUT2D eigenvalue weighted by Gasteiger charge is -2.09. The van der Waals surface area contributed by atoms with E-state index in [-0.39, 0.29) is 5.91 Å². The molecular formula is C16H17N5O2. The number of amides is 1. The minimum Gasteiger partial charge on any atom is -0.496 e. The van der Waals surface area contributed by atoms with Crippen molar-refractivity contribution in [3.63, 3.8) is 0 Å². The Hall–Kier alpha value is -3.09. The van der Waals surface area contributed by atoms with Gasteiger partial charge in [0.2, 0.25) is 0 Å². The number of para-hydroxylation sites is 1. The van der Waals surface area contributed by atoms with Crippen molar-refractivity contribution in [3.8, 4) is 17.0 Å². The molecule has 0 saturated carbocycles. The van der Waals surface area contributed by atoms with Gasteiger partial charge in [-0.25, -0.2) is 0 Å². The standard InChI is InChI=1S/C16H17N5O2/c1-23-14-6-3-2-5-12(14)15-13(11-18-20-15)16(22)17-8-10-21-9-4-7-19-21/h2-7,9,11H,8,10H2,1H3,(H,17,22)(H,18,20). The molecule has 7 heteroatoms. The van der Waals surface area contributed by atoms with E-state index in [0.717, 1.165) is 5.56 Å². The first-order valence-corrected chi connectivity index (χ1v) is 7.22. The number of methoxy groups -OCH3 is 1. The van der Waals surface area contributed by atoms with Crippen molar-refractivity contribution >= 4 is 5.91 Å². The Morgan fingerprint density at radius 1 is 1.35 bits per heavy atom. The molecule has 0 radical (unpaired) electrons. The maximum atomic E-state index is 12.4. The normalized spacial score (nSPS) is 10.5. The Labute approximate surface area is 133 Å². The number of aromatic nitrogens is 4. The van der Waals surface area contributed by atoms with E-state index in [2.05, 4.69) is 20.6 Å². The van der Waals surface area contributed by atoms with E-state index in [4.69, 9.17) is 4.74 Å². The Morgan fingerprint density at radius 3 is 3.00 bits per heavy atom. The van der Waals surface area contributed by atoms with E-state index in [0.29, 0.717) is 30.1 Å². The van der Waals surface area contributed by atoms with Gasteiger partial charge in [0, 0.05) is 24.5 Å². The van der Waals surface area contributed by atoms with Crippen molar-refractivity contribution in [2.75, 3.05) is 13.7 Å². The molecule has 23 heavy (non-hydrogen) atoms. The molecule has 3 aromatic rings. The molecule has 0 saturated heterocycles. The molecular weight excluding hydrogens is 294 g/mol. The number of aromatic amines is 1. The Bertz CT molecular complexity index is 779. The summed E-state index contributed by atoms with van der Waals surface area (Å²) in [5, 5.41) is 13.8. The van der Waals surface area contributed by atoms with E-state index in [9.17, 15) is 4.79 Å². The van der Waals surface area contributed by atoms with Crippen LogP contribution in [0.3, 0.4) is 0 Å². The lowest BCUT2D eigenvalue weighted by molar-refractivity contribution is 0.0952. The number of nitrogens with one attached hydrogen (secondary N) is 2. The van der Waals surface area contributed by atoms with Gasteiger partial charge < -0.3 is 10.1 Å². The van der Waals surface area contributed by atoms with Crippen molar-refractivity contribution in [3.05, 3.63) is 54.5 Å². The fraction of sp³-hybridized carbons (Fsp3) is 0.188. The summed E-state index contributed by atoms with van der Waals surface area (Å²) in [6, 6.07) is 9.33. The van der Waals surface area contributed by atoms with Crippen molar-refractivity contribution in [1.29, 1.82) is 0 Å². The number of benzene rings is 1. The molecule has 0 bridgehead atoms. The zero-order chi connectivity index (χ0) is 16.1. The third kappa shape index (κ3) is 3.23. The summed E-state index contributed by atoms with van der Waals surface area (Å²) >= 11 is 0. The van der Waals surface area contributed by atoms with E-state index in [1.165, 1.54) is 6.20 Å². The summed E-state index contributed by atoms with van der Waals surface area (Å²) < 4.78 is 7.10. The van der Waals surface area contributed by atoms with Crippen LogP contribution in [0.25, 0.3) is 11.3 Å². The summed E-state index contributed by atoms with van der Waals surface area (Å²) in [6.07, 6.45) is 5.08. The minimum absolute atomic E-state index is 0.188. The average Bonchev–Trinajstić information content (AvgIpc) is 3.26. The van der Waals surface area contributed by atoms with Gasteiger partial charge in [-0.2, -0.15) is 10.2 Å². The topological polar surface area (TPSA) is 84.8 Å². The molecule has 1 amide bonds. The van der Waals surface area contributed by atoms with Gasteiger partial charge in [0.15, 0.2) is 0 Å². The lowest BCUT2D eigenvalue weighted by atomic mass is 10.1. The number of rotatable bonds is 6. The number of carbonyl (C=O) groups is 1. The van der Waals surface area contributed by atoms with Crippen LogP contribution < -0.4 is 10.1 Å². The molecule has 7 nitrogen and oxygen atoms in total. The average molecular weight is 311 g/mol. The van der Waals surface area contributed by atoms with Crippen LogP contribution in [-0.2, 0) is 6.54 Å². The van der Waals surface area contributed by atoms with Gasteiger partial charge in [0.1, 0.15) is 5.75 Å². The molecule has 118 valence electrons. The molecule has 0 spiro atoms. The zero-order valence-electron chi connectivity index (χ0n) is 12.7. The molecule has 0 aliphatic rings. The number of H-pyrrole nitrogens is 1. The maximum Gasteiger partial charge on any atom is 0.255 e. The second-order valence-corrected chi connectivity index (χ2v) is 4.88. The molecule has 3 rings (SSSR count). The van der Waals surface area contributed by atoms with Crippen LogP contribution in [0, 0.1) is 0 Å².